The average molecular weight is 454 g/mol. The third-order valence-corrected chi connectivity index (χ3v) is 5.03. The van der Waals surface area contributed by atoms with Gasteiger partial charge in [-0.3, -0.25) is 13.9 Å². The lowest BCUT2D eigenvalue weighted by molar-refractivity contribution is -0.380. The van der Waals surface area contributed by atoms with E-state index in [1.165, 1.54) is 4.57 Å². The molecule has 0 unspecified atom stereocenters. The van der Waals surface area contributed by atoms with Gasteiger partial charge in [0.1, 0.15) is 17.9 Å². The van der Waals surface area contributed by atoms with Gasteiger partial charge in [0.2, 0.25) is 0 Å². The lowest BCUT2D eigenvalue weighted by Crippen LogP contribution is -2.56. The molecule has 0 saturated heterocycles. The molecular formula is C23H24N3O7+. The van der Waals surface area contributed by atoms with Crippen molar-refractivity contribution in [3.8, 4) is 11.4 Å². The summed E-state index contributed by atoms with van der Waals surface area (Å²) in [7, 11) is 0. The minimum absolute atomic E-state index is 0.0601. The van der Waals surface area contributed by atoms with Gasteiger partial charge < -0.3 is 14.6 Å². The molecule has 3 rings (SSSR count). The highest BCUT2D eigenvalue weighted by atomic mass is 16.5. The predicted molar refractivity (Wildman–Crippen MR) is 119 cm³/mol. The summed E-state index contributed by atoms with van der Waals surface area (Å²) >= 11 is 0. The number of nitrogens with one attached hydrogen (secondary N) is 1. The maximum absolute atomic E-state index is 13.3. The van der Waals surface area contributed by atoms with E-state index in [0.29, 0.717) is 28.3 Å². The van der Waals surface area contributed by atoms with Crippen LogP contribution in [0.15, 0.2) is 58.3 Å². The van der Waals surface area contributed by atoms with Gasteiger partial charge in [0.15, 0.2) is 0 Å². The van der Waals surface area contributed by atoms with Crippen molar-refractivity contribution in [1.82, 2.24) is 9.13 Å². The predicted octanol–water partition coefficient (Wildman–Crippen LogP) is 0.382. The van der Waals surface area contributed by atoms with Gasteiger partial charge in [-0.15, -0.1) is 0 Å². The number of esters is 1. The summed E-state index contributed by atoms with van der Waals surface area (Å²) in [6, 6.07) is 11.3. The Morgan fingerprint density at radius 1 is 1.12 bits per heavy atom. The molecule has 2 N–H and O–H groups in total. The highest BCUT2D eigenvalue weighted by molar-refractivity contribution is 5.88. The van der Waals surface area contributed by atoms with E-state index in [-0.39, 0.29) is 31.9 Å². The van der Waals surface area contributed by atoms with Crippen molar-refractivity contribution in [2.24, 2.45) is 0 Å². The number of ether oxygens (including phenoxy) is 2. The van der Waals surface area contributed by atoms with Gasteiger partial charge in [0.25, 0.3) is 11.2 Å². The SMILES string of the molecule is CCOC(=O)c1cn(-c2ccc(OCCO)cc2)c(=O)n(Cc2cccc([NH+]=O)c2C)c1=O. The first kappa shape index (κ1) is 23.6. The van der Waals surface area contributed by atoms with E-state index < -0.39 is 17.2 Å². The van der Waals surface area contributed by atoms with Crippen molar-refractivity contribution < 1.29 is 24.6 Å². The molecule has 10 nitrogen and oxygen atoms in total. The van der Waals surface area contributed by atoms with Crippen LogP contribution in [0.2, 0.25) is 0 Å². The molecule has 33 heavy (non-hydrogen) atoms. The molecule has 0 bridgehead atoms. The number of carbonyl (C=O) groups is 1. The fourth-order valence-corrected chi connectivity index (χ4v) is 3.28. The molecule has 0 saturated carbocycles. The smallest absolute Gasteiger partial charge is 0.345 e. The molecule has 0 aliphatic rings. The van der Waals surface area contributed by atoms with Crippen molar-refractivity contribution >= 4 is 11.7 Å². The van der Waals surface area contributed by atoms with E-state index in [1.807, 2.05) is 5.18 Å². The van der Waals surface area contributed by atoms with Crippen LogP contribution in [0.3, 0.4) is 0 Å². The quantitative estimate of drug-likeness (QED) is 0.447. The number of rotatable bonds is 9. The van der Waals surface area contributed by atoms with E-state index in [9.17, 15) is 19.3 Å². The fourth-order valence-electron chi connectivity index (χ4n) is 3.28. The van der Waals surface area contributed by atoms with E-state index >= 15 is 0 Å². The third kappa shape index (κ3) is 5.07. The number of hydrogen-bond donors (Lipinski definition) is 2. The highest BCUT2D eigenvalue weighted by Crippen LogP contribution is 2.16. The number of carbonyl (C=O) groups excluding carboxylic acids is 1. The molecule has 0 spiro atoms. The van der Waals surface area contributed by atoms with Gasteiger partial charge in [-0.05, 0) is 43.7 Å². The lowest BCUT2D eigenvalue weighted by Gasteiger charge is -2.14. The Morgan fingerprint density at radius 2 is 1.85 bits per heavy atom. The van der Waals surface area contributed by atoms with Gasteiger partial charge in [0.05, 0.1) is 25.4 Å². The Labute approximate surface area is 188 Å². The highest BCUT2D eigenvalue weighted by Gasteiger charge is 2.20. The van der Waals surface area contributed by atoms with Crippen molar-refractivity contribution in [3.05, 3.63) is 91.1 Å². The Hall–Kier alpha value is -4.05. The van der Waals surface area contributed by atoms with Crippen LogP contribution in [-0.4, -0.2) is 40.0 Å². The van der Waals surface area contributed by atoms with E-state index in [1.54, 1.807) is 56.3 Å². The zero-order valence-electron chi connectivity index (χ0n) is 18.2. The van der Waals surface area contributed by atoms with Gasteiger partial charge in [0, 0.05) is 27.9 Å². The van der Waals surface area contributed by atoms with Crippen molar-refractivity contribution in [3.63, 3.8) is 0 Å². The molecule has 172 valence electrons. The average Bonchev–Trinajstić information content (AvgIpc) is 2.82. The van der Waals surface area contributed by atoms with Crippen molar-refractivity contribution in [2.45, 2.75) is 20.4 Å². The molecule has 1 aromatic heterocycles. The molecule has 2 aromatic carbocycles. The lowest BCUT2D eigenvalue weighted by atomic mass is 10.1. The minimum Gasteiger partial charge on any atom is -0.491 e. The second kappa shape index (κ2) is 10.5. The second-order valence-electron chi connectivity index (χ2n) is 7.06. The molecule has 0 fully saturated rings. The largest absolute Gasteiger partial charge is 0.491 e. The standard InChI is InChI=1S/C23H23N3O7/c1-3-32-22(29)19-14-25(17-7-9-18(10-8-17)33-12-11-27)23(30)26(21(19)28)13-16-5-4-6-20(24-31)15(16)2/h4-10,14,27H,3,11-13H2,1-2H3/p+1. The summed E-state index contributed by atoms with van der Waals surface area (Å²) in [4.78, 5) is 50.0. The molecule has 10 heteroatoms. The Kier molecular flexibility index (Phi) is 7.52. The van der Waals surface area contributed by atoms with Gasteiger partial charge in [-0.2, -0.15) is 0 Å². The maximum Gasteiger partial charge on any atom is 0.345 e. The second-order valence-corrected chi connectivity index (χ2v) is 7.06. The fraction of sp³-hybridized carbons (Fsp3) is 0.261. The van der Waals surface area contributed by atoms with Gasteiger partial charge in [-0.1, -0.05) is 12.1 Å². The Morgan fingerprint density at radius 3 is 2.48 bits per heavy atom. The van der Waals surface area contributed by atoms with E-state index in [2.05, 4.69) is 0 Å². The molecule has 0 aliphatic heterocycles. The summed E-state index contributed by atoms with van der Waals surface area (Å²) < 4.78 is 12.4. The topological polar surface area (TPSA) is 131 Å². The van der Waals surface area contributed by atoms with Crippen LogP contribution >= 0.6 is 0 Å². The number of aliphatic hydroxyl groups excluding tert-OH is 1. The molecule has 0 aliphatic carbocycles. The zero-order valence-corrected chi connectivity index (χ0v) is 18.2. The summed E-state index contributed by atoms with van der Waals surface area (Å²) in [5.41, 5.74) is 0.0955. The van der Waals surface area contributed by atoms with Gasteiger partial charge >= 0.3 is 11.7 Å². The number of hydrogen-bond acceptors (Lipinski definition) is 7. The number of aromatic nitrogens is 2. The summed E-state index contributed by atoms with van der Waals surface area (Å²) in [6.07, 6.45) is 1.16. The van der Waals surface area contributed by atoms with Crippen molar-refractivity contribution in [2.75, 3.05) is 19.8 Å². The normalized spacial score (nSPS) is 10.6. The first-order chi connectivity index (χ1) is 15.9. The Bertz CT molecular complexity index is 1280. The maximum atomic E-state index is 13.3. The van der Waals surface area contributed by atoms with Gasteiger partial charge in [-0.25, -0.2) is 9.59 Å². The van der Waals surface area contributed by atoms with Crippen LogP contribution in [0.1, 0.15) is 28.4 Å². The van der Waals surface area contributed by atoms with E-state index in [0.717, 1.165) is 10.8 Å². The first-order valence-electron chi connectivity index (χ1n) is 10.3. The monoisotopic (exact) mass is 454 g/mol. The molecule has 0 amide bonds. The summed E-state index contributed by atoms with van der Waals surface area (Å²) in [5, 5.41) is 10.7. The van der Waals surface area contributed by atoms with Crippen LogP contribution in [0, 0.1) is 11.8 Å². The summed E-state index contributed by atoms with van der Waals surface area (Å²) in [5.74, 6) is -0.364. The number of benzene rings is 2. The zero-order chi connectivity index (χ0) is 24.0. The minimum atomic E-state index is -0.848. The van der Waals surface area contributed by atoms with Crippen LogP contribution < -0.4 is 21.2 Å². The molecular weight excluding hydrogens is 430 g/mol. The van der Waals surface area contributed by atoms with Crippen LogP contribution in [0.5, 0.6) is 5.75 Å². The molecule has 0 radical (unpaired) electrons. The number of aliphatic hydroxyl groups is 1. The first-order valence-corrected chi connectivity index (χ1v) is 10.3. The molecule has 3 aromatic rings. The third-order valence-electron chi connectivity index (χ3n) is 5.03. The van der Waals surface area contributed by atoms with Crippen LogP contribution in [0.4, 0.5) is 5.69 Å². The van der Waals surface area contributed by atoms with Crippen LogP contribution in [0.25, 0.3) is 5.69 Å². The molecule has 0 atom stereocenters. The van der Waals surface area contributed by atoms with Crippen molar-refractivity contribution in [1.29, 1.82) is 0 Å². The van der Waals surface area contributed by atoms with Crippen LogP contribution in [-0.2, 0) is 11.3 Å². The number of nitroso groups, excluding NO2 is 1. The van der Waals surface area contributed by atoms with E-state index in [4.69, 9.17) is 14.6 Å². The Balaban J connectivity index is 2.16. The molecule has 1 heterocycles. The summed E-state index contributed by atoms with van der Waals surface area (Å²) in [6.45, 7) is 3.20. The number of nitrogens with zero attached hydrogens (tertiary/aromatic N) is 2.